The molecule has 0 saturated carbocycles. The van der Waals surface area contributed by atoms with Crippen LogP contribution in [0.15, 0.2) is 0 Å². The lowest BCUT2D eigenvalue weighted by Crippen LogP contribution is -2.47. The molecule has 2 N–H and O–H groups in total. The average molecular weight is 201 g/mol. The van der Waals surface area contributed by atoms with Gasteiger partial charge in [-0.3, -0.25) is 10.1 Å². The Bertz CT molecular complexity index is 214. The fraction of sp³-hybridized carbons (Fsp3) is 0.889. The highest BCUT2D eigenvalue weighted by Gasteiger charge is 2.41. The van der Waals surface area contributed by atoms with Crippen LogP contribution >= 0.6 is 11.8 Å². The number of aliphatic carboxylic acids is 1. The van der Waals surface area contributed by atoms with Crippen LogP contribution in [0.2, 0.25) is 0 Å². The van der Waals surface area contributed by atoms with Gasteiger partial charge in [0.2, 0.25) is 0 Å². The quantitative estimate of drug-likeness (QED) is 0.666. The number of thioether (sulfide) groups is 1. The fourth-order valence-electron chi connectivity index (χ4n) is 2.28. The molecule has 1 spiro atoms. The first-order chi connectivity index (χ1) is 6.22. The molecule has 0 aromatic carbocycles. The molecule has 74 valence electrons. The topological polar surface area (TPSA) is 49.3 Å². The SMILES string of the molecule is O=C(O)C1CCC2(CCSCC2)N1. The lowest BCUT2D eigenvalue weighted by atomic mass is 9.91. The summed E-state index contributed by atoms with van der Waals surface area (Å²) in [5, 5.41) is 12.2. The fourth-order valence-corrected chi connectivity index (χ4v) is 3.55. The summed E-state index contributed by atoms with van der Waals surface area (Å²) in [5.74, 6) is 1.67. The average Bonchev–Trinajstić information content (AvgIpc) is 2.51. The van der Waals surface area contributed by atoms with E-state index in [0.717, 1.165) is 25.7 Å². The second-order valence-electron chi connectivity index (χ2n) is 3.97. The molecule has 0 aliphatic carbocycles. The largest absolute Gasteiger partial charge is 0.480 e. The normalized spacial score (nSPS) is 32.2. The highest BCUT2D eigenvalue weighted by molar-refractivity contribution is 7.99. The Labute approximate surface area is 82.3 Å². The molecule has 2 saturated heterocycles. The first-order valence-electron chi connectivity index (χ1n) is 4.80. The van der Waals surface area contributed by atoms with Crippen molar-refractivity contribution in [2.75, 3.05) is 11.5 Å². The predicted octanol–water partition coefficient (Wildman–Crippen LogP) is 1.09. The number of nitrogens with one attached hydrogen (secondary N) is 1. The number of rotatable bonds is 1. The number of carboxylic acid groups (broad SMARTS) is 1. The highest BCUT2D eigenvalue weighted by atomic mass is 32.2. The standard InChI is InChI=1S/C9H15NO2S/c11-8(12)7-1-2-9(10-7)3-5-13-6-4-9/h7,10H,1-6H2,(H,11,12). The Morgan fingerprint density at radius 1 is 1.38 bits per heavy atom. The minimum absolute atomic E-state index is 0.175. The van der Waals surface area contributed by atoms with Crippen molar-refractivity contribution in [3.05, 3.63) is 0 Å². The molecule has 0 bridgehead atoms. The third-order valence-electron chi connectivity index (χ3n) is 3.14. The van der Waals surface area contributed by atoms with Crippen molar-refractivity contribution in [2.24, 2.45) is 0 Å². The Balaban J connectivity index is 1.98. The van der Waals surface area contributed by atoms with Crippen molar-refractivity contribution in [3.63, 3.8) is 0 Å². The Morgan fingerprint density at radius 3 is 2.62 bits per heavy atom. The van der Waals surface area contributed by atoms with Crippen LogP contribution in [0, 0.1) is 0 Å². The van der Waals surface area contributed by atoms with Gasteiger partial charge in [0.1, 0.15) is 6.04 Å². The van der Waals surface area contributed by atoms with E-state index in [0.29, 0.717) is 0 Å². The van der Waals surface area contributed by atoms with Crippen LogP contribution in [0.25, 0.3) is 0 Å². The van der Waals surface area contributed by atoms with E-state index in [9.17, 15) is 4.79 Å². The molecule has 0 aromatic heterocycles. The molecule has 0 amide bonds. The summed E-state index contributed by atoms with van der Waals surface area (Å²) >= 11 is 1.98. The van der Waals surface area contributed by atoms with Gasteiger partial charge in [-0.2, -0.15) is 11.8 Å². The molecule has 1 unspecified atom stereocenters. The molecule has 2 rings (SSSR count). The zero-order valence-corrected chi connectivity index (χ0v) is 8.40. The minimum atomic E-state index is -0.685. The minimum Gasteiger partial charge on any atom is -0.480 e. The lowest BCUT2D eigenvalue weighted by Gasteiger charge is -2.33. The van der Waals surface area contributed by atoms with E-state index in [-0.39, 0.29) is 11.6 Å². The van der Waals surface area contributed by atoms with Crippen LogP contribution in [0.4, 0.5) is 0 Å². The van der Waals surface area contributed by atoms with Gasteiger partial charge in [-0.15, -0.1) is 0 Å². The van der Waals surface area contributed by atoms with E-state index in [2.05, 4.69) is 5.32 Å². The predicted molar refractivity (Wildman–Crippen MR) is 53.1 cm³/mol. The molecule has 0 radical (unpaired) electrons. The van der Waals surface area contributed by atoms with Gasteiger partial charge in [0.25, 0.3) is 0 Å². The van der Waals surface area contributed by atoms with Crippen molar-refractivity contribution < 1.29 is 9.90 Å². The molecule has 1 atom stereocenters. The Hall–Kier alpha value is -0.220. The number of carboxylic acids is 1. The molecular weight excluding hydrogens is 186 g/mol. The van der Waals surface area contributed by atoms with Crippen LogP contribution in [0.1, 0.15) is 25.7 Å². The summed E-state index contributed by atoms with van der Waals surface area (Å²) in [5.41, 5.74) is 0.175. The maximum Gasteiger partial charge on any atom is 0.320 e. The summed E-state index contributed by atoms with van der Waals surface area (Å²) in [6.45, 7) is 0. The van der Waals surface area contributed by atoms with E-state index < -0.39 is 5.97 Å². The van der Waals surface area contributed by atoms with Gasteiger partial charge in [-0.1, -0.05) is 0 Å². The van der Waals surface area contributed by atoms with Gasteiger partial charge >= 0.3 is 5.97 Å². The first kappa shape index (κ1) is 9.34. The number of carbonyl (C=O) groups is 1. The van der Waals surface area contributed by atoms with Crippen molar-refractivity contribution in [3.8, 4) is 0 Å². The van der Waals surface area contributed by atoms with Gasteiger partial charge in [-0.05, 0) is 37.2 Å². The molecule has 2 aliphatic rings. The molecule has 3 nitrogen and oxygen atoms in total. The Kier molecular flexibility index (Phi) is 2.51. The van der Waals surface area contributed by atoms with Gasteiger partial charge in [-0.25, -0.2) is 0 Å². The van der Waals surface area contributed by atoms with Crippen LogP contribution < -0.4 is 5.32 Å². The Morgan fingerprint density at radius 2 is 2.08 bits per heavy atom. The van der Waals surface area contributed by atoms with Gasteiger partial charge in [0.05, 0.1) is 0 Å². The number of hydrogen-bond donors (Lipinski definition) is 2. The van der Waals surface area contributed by atoms with Crippen LogP contribution in [0.3, 0.4) is 0 Å². The van der Waals surface area contributed by atoms with Crippen molar-refractivity contribution in [1.82, 2.24) is 5.32 Å². The number of hydrogen-bond acceptors (Lipinski definition) is 3. The van der Waals surface area contributed by atoms with Crippen LogP contribution in [0.5, 0.6) is 0 Å². The molecule has 2 heterocycles. The summed E-state index contributed by atoms with van der Waals surface area (Å²) in [6, 6.07) is -0.289. The summed E-state index contributed by atoms with van der Waals surface area (Å²) in [7, 11) is 0. The summed E-state index contributed by atoms with van der Waals surface area (Å²) in [4.78, 5) is 10.8. The van der Waals surface area contributed by atoms with E-state index >= 15 is 0 Å². The van der Waals surface area contributed by atoms with E-state index in [1.54, 1.807) is 0 Å². The molecular formula is C9H15NO2S. The third kappa shape index (κ3) is 1.83. The zero-order chi connectivity index (χ0) is 9.31. The second kappa shape index (κ2) is 3.50. The third-order valence-corrected chi connectivity index (χ3v) is 4.13. The van der Waals surface area contributed by atoms with Crippen molar-refractivity contribution in [2.45, 2.75) is 37.3 Å². The zero-order valence-electron chi connectivity index (χ0n) is 7.58. The van der Waals surface area contributed by atoms with Gasteiger partial charge in [0.15, 0.2) is 0 Å². The van der Waals surface area contributed by atoms with E-state index in [1.807, 2.05) is 11.8 Å². The smallest absolute Gasteiger partial charge is 0.320 e. The second-order valence-corrected chi connectivity index (χ2v) is 5.19. The van der Waals surface area contributed by atoms with E-state index in [1.165, 1.54) is 11.5 Å². The van der Waals surface area contributed by atoms with Crippen molar-refractivity contribution in [1.29, 1.82) is 0 Å². The first-order valence-corrected chi connectivity index (χ1v) is 5.96. The molecule has 2 fully saturated rings. The molecule has 0 aromatic rings. The molecule has 2 aliphatic heterocycles. The summed E-state index contributed by atoms with van der Waals surface area (Å²) in [6.07, 6.45) is 4.13. The van der Waals surface area contributed by atoms with E-state index in [4.69, 9.17) is 5.11 Å². The maximum absolute atomic E-state index is 10.8. The van der Waals surface area contributed by atoms with Gasteiger partial charge < -0.3 is 5.11 Å². The van der Waals surface area contributed by atoms with Crippen LogP contribution in [-0.2, 0) is 4.79 Å². The lowest BCUT2D eigenvalue weighted by molar-refractivity contribution is -0.139. The van der Waals surface area contributed by atoms with Crippen molar-refractivity contribution >= 4 is 17.7 Å². The molecule has 13 heavy (non-hydrogen) atoms. The van der Waals surface area contributed by atoms with Gasteiger partial charge in [0, 0.05) is 5.54 Å². The maximum atomic E-state index is 10.8. The molecule has 4 heteroatoms. The van der Waals surface area contributed by atoms with Crippen LogP contribution in [-0.4, -0.2) is 34.2 Å². The highest BCUT2D eigenvalue weighted by Crippen LogP contribution is 2.35. The summed E-state index contributed by atoms with van der Waals surface area (Å²) < 4.78 is 0. The monoisotopic (exact) mass is 201 g/mol.